The van der Waals surface area contributed by atoms with Crippen LogP contribution in [0.4, 0.5) is 0 Å². The summed E-state index contributed by atoms with van der Waals surface area (Å²) in [6, 6.07) is -0.298. The molecule has 0 radical (unpaired) electrons. The van der Waals surface area contributed by atoms with E-state index in [1.165, 1.54) is 0 Å². The summed E-state index contributed by atoms with van der Waals surface area (Å²) in [7, 11) is 1.77. The van der Waals surface area contributed by atoms with Crippen molar-refractivity contribution in [2.24, 2.45) is 0 Å². The van der Waals surface area contributed by atoms with Gasteiger partial charge in [-0.05, 0) is 26.7 Å². The molecule has 2 N–H and O–H groups in total. The Bertz CT molecular complexity index is 282. The quantitative estimate of drug-likeness (QED) is 0.625. The second-order valence-corrected chi connectivity index (χ2v) is 5.31. The van der Waals surface area contributed by atoms with Crippen LogP contribution < -0.4 is 5.32 Å². The highest BCUT2D eigenvalue weighted by Gasteiger charge is 2.18. The second-order valence-electron chi connectivity index (χ2n) is 5.31. The number of carbonyl (C=O) groups excluding carboxylic acids is 1. The lowest BCUT2D eigenvalue weighted by Crippen LogP contribution is -2.46. The predicted octanol–water partition coefficient (Wildman–Crippen LogP) is -0.000700. The van der Waals surface area contributed by atoms with Crippen molar-refractivity contribution in [2.45, 2.75) is 44.9 Å². The van der Waals surface area contributed by atoms with Crippen molar-refractivity contribution in [1.82, 2.24) is 10.2 Å². The molecule has 1 amide bonds. The summed E-state index contributed by atoms with van der Waals surface area (Å²) in [5, 5.41) is 12.8. The fourth-order valence-electron chi connectivity index (χ4n) is 2.06. The van der Waals surface area contributed by atoms with Crippen molar-refractivity contribution in [3.63, 3.8) is 0 Å². The fourth-order valence-corrected chi connectivity index (χ4v) is 2.06. The Hall–Kier alpha value is -0.690. The van der Waals surface area contributed by atoms with Crippen LogP contribution in [-0.2, 0) is 14.3 Å². The molecule has 1 fully saturated rings. The molecule has 1 aliphatic heterocycles. The minimum atomic E-state index is -0.612. The molecule has 0 bridgehead atoms. The van der Waals surface area contributed by atoms with E-state index in [1.54, 1.807) is 18.9 Å². The molecule has 3 atom stereocenters. The number of carbonyl (C=O) groups is 1. The molecule has 0 aliphatic carbocycles. The van der Waals surface area contributed by atoms with E-state index in [2.05, 4.69) is 5.32 Å². The highest BCUT2D eigenvalue weighted by molar-refractivity contribution is 5.81. The van der Waals surface area contributed by atoms with Crippen LogP contribution >= 0.6 is 0 Å². The van der Waals surface area contributed by atoms with E-state index in [-0.39, 0.29) is 24.7 Å². The number of hydrogen-bond donors (Lipinski definition) is 2. The van der Waals surface area contributed by atoms with Crippen LogP contribution in [0.15, 0.2) is 0 Å². The number of nitrogens with one attached hydrogen (secondary N) is 1. The zero-order valence-corrected chi connectivity index (χ0v) is 12.8. The van der Waals surface area contributed by atoms with Gasteiger partial charge in [-0.3, -0.25) is 4.79 Å². The third-order valence-corrected chi connectivity index (χ3v) is 3.52. The predicted molar refractivity (Wildman–Crippen MR) is 76.6 cm³/mol. The third kappa shape index (κ3) is 6.17. The van der Waals surface area contributed by atoms with Gasteiger partial charge in [-0.15, -0.1) is 0 Å². The second kappa shape index (κ2) is 9.28. The van der Waals surface area contributed by atoms with E-state index in [9.17, 15) is 9.90 Å². The van der Waals surface area contributed by atoms with Gasteiger partial charge in [0.05, 0.1) is 31.5 Å². The molecule has 0 saturated carbocycles. The Morgan fingerprint density at radius 1 is 1.60 bits per heavy atom. The number of rotatable bonds is 9. The molecule has 1 saturated heterocycles. The van der Waals surface area contributed by atoms with Gasteiger partial charge in [-0.2, -0.15) is 0 Å². The Morgan fingerprint density at radius 3 is 2.95 bits per heavy atom. The minimum absolute atomic E-state index is 0.0278. The standard InChI is InChI=1S/C14H28N2O4/c1-4-16(3)14(18)11(2)15-8-12(17)9-19-10-13-6-5-7-20-13/h11-13,15,17H,4-10H2,1-3H3. The molecule has 20 heavy (non-hydrogen) atoms. The lowest BCUT2D eigenvalue weighted by molar-refractivity contribution is -0.131. The van der Waals surface area contributed by atoms with E-state index >= 15 is 0 Å². The molecule has 1 rings (SSSR count). The molecule has 1 aliphatic rings. The van der Waals surface area contributed by atoms with Crippen molar-refractivity contribution in [3.8, 4) is 0 Å². The molecule has 118 valence electrons. The Labute approximate surface area is 121 Å². The van der Waals surface area contributed by atoms with Gasteiger partial charge in [0.25, 0.3) is 0 Å². The first-order valence-electron chi connectivity index (χ1n) is 7.40. The average Bonchev–Trinajstić information content (AvgIpc) is 2.96. The smallest absolute Gasteiger partial charge is 0.239 e. The van der Waals surface area contributed by atoms with Gasteiger partial charge in [0, 0.05) is 26.7 Å². The Morgan fingerprint density at radius 2 is 2.35 bits per heavy atom. The van der Waals surface area contributed by atoms with Crippen LogP contribution in [0.25, 0.3) is 0 Å². The molecule has 3 unspecified atom stereocenters. The average molecular weight is 288 g/mol. The summed E-state index contributed by atoms with van der Waals surface area (Å²) in [5.74, 6) is 0.0278. The number of amides is 1. The summed E-state index contributed by atoms with van der Waals surface area (Å²) < 4.78 is 10.9. The normalized spacial score (nSPS) is 21.7. The van der Waals surface area contributed by atoms with E-state index in [4.69, 9.17) is 9.47 Å². The van der Waals surface area contributed by atoms with Crippen molar-refractivity contribution < 1.29 is 19.4 Å². The van der Waals surface area contributed by atoms with Gasteiger partial charge >= 0.3 is 0 Å². The SMILES string of the molecule is CCN(C)C(=O)C(C)NCC(O)COCC1CCCO1. The molecule has 1 heterocycles. The molecule has 0 aromatic carbocycles. The maximum absolute atomic E-state index is 11.8. The topological polar surface area (TPSA) is 71.0 Å². The van der Waals surface area contributed by atoms with Gasteiger partial charge in [0.15, 0.2) is 0 Å². The van der Waals surface area contributed by atoms with Crippen LogP contribution in [0.2, 0.25) is 0 Å². The number of hydrogen-bond acceptors (Lipinski definition) is 5. The number of aliphatic hydroxyl groups is 1. The van der Waals surface area contributed by atoms with Crippen LogP contribution in [0.5, 0.6) is 0 Å². The number of likely N-dealkylation sites (N-methyl/N-ethyl adjacent to an activating group) is 1. The first-order chi connectivity index (χ1) is 9.54. The number of aliphatic hydroxyl groups excluding tert-OH is 1. The molecular formula is C14H28N2O4. The maximum Gasteiger partial charge on any atom is 0.239 e. The molecule has 0 aromatic heterocycles. The molecular weight excluding hydrogens is 260 g/mol. The largest absolute Gasteiger partial charge is 0.389 e. The lowest BCUT2D eigenvalue weighted by atomic mass is 10.2. The zero-order valence-electron chi connectivity index (χ0n) is 12.8. The Kier molecular flexibility index (Phi) is 8.06. The van der Waals surface area contributed by atoms with E-state index < -0.39 is 6.10 Å². The van der Waals surface area contributed by atoms with Crippen LogP contribution in [0, 0.1) is 0 Å². The van der Waals surface area contributed by atoms with Gasteiger partial charge in [-0.25, -0.2) is 0 Å². The molecule has 6 heteroatoms. The summed E-state index contributed by atoms with van der Waals surface area (Å²) in [5.41, 5.74) is 0. The van der Waals surface area contributed by atoms with E-state index in [1.807, 2.05) is 6.92 Å². The summed E-state index contributed by atoms with van der Waals surface area (Å²) in [4.78, 5) is 13.5. The van der Waals surface area contributed by atoms with Gasteiger partial charge < -0.3 is 24.8 Å². The first-order valence-corrected chi connectivity index (χ1v) is 7.40. The van der Waals surface area contributed by atoms with E-state index in [0.29, 0.717) is 19.7 Å². The highest BCUT2D eigenvalue weighted by atomic mass is 16.5. The lowest BCUT2D eigenvalue weighted by Gasteiger charge is -2.22. The van der Waals surface area contributed by atoms with E-state index in [0.717, 1.165) is 19.4 Å². The van der Waals surface area contributed by atoms with Crippen LogP contribution in [-0.4, -0.2) is 74.1 Å². The molecule has 0 aromatic rings. The monoisotopic (exact) mass is 288 g/mol. The fraction of sp³-hybridized carbons (Fsp3) is 0.929. The van der Waals surface area contributed by atoms with Crippen LogP contribution in [0.3, 0.4) is 0 Å². The Balaban J connectivity index is 2.09. The minimum Gasteiger partial charge on any atom is -0.389 e. The first kappa shape index (κ1) is 17.4. The summed E-state index contributed by atoms with van der Waals surface area (Å²) in [6.45, 7) is 6.35. The number of ether oxygens (including phenoxy) is 2. The van der Waals surface area contributed by atoms with Gasteiger partial charge in [-0.1, -0.05) is 0 Å². The van der Waals surface area contributed by atoms with Crippen molar-refractivity contribution in [3.05, 3.63) is 0 Å². The molecule has 6 nitrogen and oxygen atoms in total. The van der Waals surface area contributed by atoms with Crippen LogP contribution in [0.1, 0.15) is 26.7 Å². The third-order valence-electron chi connectivity index (χ3n) is 3.52. The molecule has 0 spiro atoms. The van der Waals surface area contributed by atoms with Crippen molar-refractivity contribution in [1.29, 1.82) is 0 Å². The highest BCUT2D eigenvalue weighted by Crippen LogP contribution is 2.11. The maximum atomic E-state index is 11.8. The van der Waals surface area contributed by atoms with Gasteiger partial charge in [0.1, 0.15) is 0 Å². The zero-order chi connectivity index (χ0) is 15.0. The van der Waals surface area contributed by atoms with Gasteiger partial charge in [0.2, 0.25) is 5.91 Å². The van der Waals surface area contributed by atoms with Crippen molar-refractivity contribution >= 4 is 5.91 Å². The summed E-state index contributed by atoms with van der Waals surface area (Å²) >= 11 is 0. The number of nitrogens with zero attached hydrogens (tertiary/aromatic N) is 1. The summed E-state index contributed by atoms with van der Waals surface area (Å²) in [6.07, 6.45) is 1.68. The van der Waals surface area contributed by atoms with Crippen molar-refractivity contribution in [2.75, 3.05) is 40.0 Å².